The van der Waals surface area contributed by atoms with Gasteiger partial charge in [0.05, 0.1) is 18.3 Å². The minimum atomic E-state index is -0.839. The van der Waals surface area contributed by atoms with Crippen LogP contribution in [0.25, 0.3) is 5.65 Å². The average Bonchev–Trinajstić information content (AvgIpc) is 2.99. The third-order valence-electron chi connectivity index (χ3n) is 4.21. The van der Waals surface area contributed by atoms with E-state index in [4.69, 9.17) is 0 Å². The van der Waals surface area contributed by atoms with Crippen molar-refractivity contribution in [3.05, 3.63) is 59.4 Å². The smallest absolute Gasteiger partial charge is 0.157 e. The topological polar surface area (TPSA) is 82.7 Å². The Hall–Kier alpha value is -2.44. The molecule has 25 heavy (non-hydrogen) atoms. The average molecular weight is 340 g/mol. The molecule has 0 aliphatic heterocycles. The lowest BCUT2D eigenvalue weighted by Gasteiger charge is -2.24. The van der Waals surface area contributed by atoms with Gasteiger partial charge in [0.25, 0.3) is 0 Å². The Morgan fingerprint density at radius 1 is 1.16 bits per heavy atom. The molecule has 132 valence electrons. The van der Waals surface area contributed by atoms with Crippen LogP contribution in [0, 0.1) is 6.92 Å². The van der Waals surface area contributed by atoms with Crippen LogP contribution in [0.2, 0.25) is 0 Å². The molecule has 0 unspecified atom stereocenters. The summed E-state index contributed by atoms with van der Waals surface area (Å²) in [7, 11) is 0. The predicted octanol–water partition coefficient (Wildman–Crippen LogP) is 2.67. The molecule has 0 radical (unpaired) electrons. The van der Waals surface area contributed by atoms with Crippen molar-refractivity contribution in [2.24, 2.45) is 0 Å². The SMILES string of the molecule is Cc1cc2nc(C(C)C)cc(N[C@@H](CO)[C@@H](O)c3ccccc3)n2n1. The van der Waals surface area contributed by atoms with Crippen LogP contribution in [0.5, 0.6) is 0 Å². The van der Waals surface area contributed by atoms with Crippen molar-refractivity contribution in [2.45, 2.75) is 38.8 Å². The van der Waals surface area contributed by atoms with E-state index in [1.807, 2.05) is 49.4 Å². The first-order chi connectivity index (χ1) is 12.0. The van der Waals surface area contributed by atoms with Gasteiger partial charge >= 0.3 is 0 Å². The summed E-state index contributed by atoms with van der Waals surface area (Å²) < 4.78 is 1.71. The van der Waals surface area contributed by atoms with E-state index in [9.17, 15) is 10.2 Å². The molecular formula is C19H24N4O2. The van der Waals surface area contributed by atoms with Gasteiger partial charge in [0, 0.05) is 17.8 Å². The Morgan fingerprint density at radius 3 is 2.52 bits per heavy atom. The Bertz CT molecular complexity index is 845. The van der Waals surface area contributed by atoms with E-state index >= 15 is 0 Å². The highest BCUT2D eigenvalue weighted by molar-refractivity contribution is 5.51. The van der Waals surface area contributed by atoms with E-state index in [1.54, 1.807) is 4.52 Å². The third-order valence-corrected chi connectivity index (χ3v) is 4.21. The van der Waals surface area contributed by atoms with Crippen LogP contribution >= 0.6 is 0 Å². The van der Waals surface area contributed by atoms with Crippen LogP contribution < -0.4 is 5.32 Å². The summed E-state index contributed by atoms with van der Waals surface area (Å²) in [6, 6.07) is 12.6. The number of aliphatic hydroxyl groups excluding tert-OH is 2. The standard InChI is InChI=1S/C19H24N4O2/c1-12(2)15-10-18(23-17(20-15)9-13(3)22-23)21-16(11-24)19(25)14-7-5-4-6-8-14/h4-10,12,16,19,21,24-25H,11H2,1-3H3/t16-,19-/m0/s1. The van der Waals surface area contributed by atoms with Crippen LogP contribution in [-0.4, -0.2) is 37.5 Å². The number of hydrogen-bond acceptors (Lipinski definition) is 5. The van der Waals surface area contributed by atoms with E-state index < -0.39 is 12.1 Å². The van der Waals surface area contributed by atoms with Gasteiger partial charge in [0.15, 0.2) is 5.65 Å². The summed E-state index contributed by atoms with van der Waals surface area (Å²) in [5.41, 5.74) is 3.29. The van der Waals surface area contributed by atoms with Gasteiger partial charge in [-0.1, -0.05) is 44.2 Å². The monoisotopic (exact) mass is 340 g/mol. The maximum atomic E-state index is 10.6. The molecule has 3 N–H and O–H groups in total. The minimum Gasteiger partial charge on any atom is -0.394 e. The van der Waals surface area contributed by atoms with E-state index in [0.29, 0.717) is 5.82 Å². The molecule has 0 saturated carbocycles. The molecule has 3 aromatic rings. The number of nitrogens with one attached hydrogen (secondary N) is 1. The number of hydrogen-bond donors (Lipinski definition) is 3. The number of aliphatic hydroxyl groups is 2. The first-order valence-corrected chi connectivity index (χ1v) is 8.47. The van der Waals surface area contributed by atoms with Crippen LogP contribution in [-0.2, 0) is 0 Å². The Morgan fingerprint density at radius 2 is 1.88 bits per heavy atom. The molecule has 0 saturated heterocycles. The molecule has 1 aromatic carbocycles. The van der Waals surface area contributed by atoms with Crippen LogP contribution in [0.4, 0.5) is 5.82 Å². The normalized spacial score (nSPS) is 14.0. The number of aromatic nitrogens is 3. The molecule has 2 atom stereocenters. The summed E-state index contributed by atoms with van der Waals surface area (Å²) in [6.07, 6.45) is -0.839. The van der Waals surface area contributed by atoms with Crippen molar-refractivity contribution < 1.29 is 10.2 Å². The van der Waals surface area contributed by atoms with Gasteiger partial charge in [-0.25, -0.2) is 4.98 Å². The lowest BCUT2D eigenvalue weighted by Crippen LogP contribution is -2.32. The molecule has 0 aliphatic rings. The van der Waals surface area contributed by atoms with Crippen molar-refractivity contribution >= 4 is 11.5 Å². The zero-order valence-corrected chi connectivity index (χ0v) is 14.7. The highest BCUT2D eigenvalue weighted by atomic mass is 16.3. The fourth-order valence-electron chi connectivity index (χ4n) is 2.80. The lowest BCUT2D eigenvalue weighted by atomic mass is 10.0. The second kappa shape index (κ2) is 7.21. The molecular weight excluding hydrogens is 316 g/mol. The van der Waals surface area contributed by atoms with E-state index in [-0.39, 0.29) is 12.5 Å². The van der Waals surface area contributed by atoms with Crippen molar-refractivity contribution in [3.8, 4) is 0 Å². The highest BCUT2D eigenvalue weighted by Gasteiger charge is 2.22. The Balaban J connectivity index is 1.97. The van der Waals surface area contributed by atoms with Crippen molar-refractivity contribution in [3.63, 3.8) is 0 Å². The van der Waals surface area contributed by atoms with Gasteiger partial charge in [-0.05, 0) is 18.4 Å². The first-order valence-electron chi connectivity index (χ1n) is 8.47. The molecule has 0 aliphatic carbocycles. The Kier molecular flexibility index (Phi) is 5.01. The lowest BCUT2D eigenvalue weighted by molar-refractivity contribution is 0.118. The fraction of sp³-hybridized carbons (Fsp3) is 0.368. The predicted molar refractivity (Wildman–Crippen MR) is 97.7 cm³/mol. The minimum absolute atomic E-state index is 0.211. The summed E-state index contributed by atoms with van der Waals surface area (Å²) in [4.78, 5) is 4.63. The van der Waals surface area contributed by atoms with Crippen molar-refractivity contribution in [2.75, 3.05) is 11.9 Å². The summed E-state index contributed by atoms with van der Waals surface area (Å²) >= 11 is 0. The van der Waals surface area contributed by atoms with E-state index in [2.05, 4.69) is 29.2 Å². The summed E-state index contributed by atoms with van der Waals surface area (Å²) in [5, 5.41) is 28.1. The first kappa shape index (κ1) is 17.4. The third kappa shape index (κ3) is 3.65. The van der Waals surface area contributed by atoms with E-state index in [0.717, 1.165) is 22.6 Å². The van der Waals surface area contributed by atoms with Gasteiger partial charge < -0.3 is 15.5 Å². The van der Waals surface area contributed by atoms with Gasteiger partial charge in [-0.3, -0.25) is 0 Å². The van der Waals surface area contributed by atoms with Gasteiger partial charge in [-0.15, -0.1) is 0 Å². The number of anilines is 1. The second-order valence-corrected chi connectivity index (χ2v) is 6.57. The van der Waals surface area contributed by atoms with Gasteiger partial charge in [0.1, 0.15) is 11.9 Å². The zero-order chi connectivity index (χ0) is 18.0. The largest absolute Gasteiger partial charge is 0.394 e. The van der Waals surface area contributed by atoms with Gasteiger partial charge in [0.2, 0.25) is 0 Å². The quantitative estimate of drug-likeness (QED) is 0.643. The number of nitrogens with zero attached hydrogens (tertiary/aromatic N) is 3. The van der Waals surface area contributed by atoms with E-state index in [1.165, 1.54) is 0 Å². The molecule has 2 heterocycles. The number of aryl methyl sites for hydroxylation is 1. The zero-order valence-electron chi connectivity index (χ0n) is 14.7. The number of benzene rings is 1. The maximum absolute atomic E-state index is 10.6. The summed E-state index contributed by atoms with van der Waals surface area (Å²) in [6.45, 7) is 5.86. The molecule has 0 fully saturated rings. The fourth-order valence-corrected chi connectivity index (χ4v) is 2.80. The molecule has 3 rings (SSSR count). The number of fused-ring (bicyclic) bond motifs is 1. The molecule has 0 amide bonds. The van der Waals surface area contributed by atoms with Crippen LogP contribution in [0.1, 0.15) is 42.8 Å². The second-order valence-electron chi connectivity index (χ2n) is 6.57. The molecule has 0 spiro atoms. The van der Waals surface area contributed by atoms with Crippen molar-refractivity contribution in [1.29, 1.82) is 0 Å². The number of rotatable bonds is 6. The molecule has 0 bridgehead atoms. The highest BCUT2D eigenvalue weighted by Crippen LogP contribution is 2.23. The molecule has 6 heteroatoms. The van der Waals surface area contributed by atoms with Crippen molar-refractivity contribution in [1.82, 2.24) is 14.6 Å². The van der Waals surface area contributed by atoms with Crippen LogP contribution in [0.3, 0.4) is 0 Å². The maximum Gasteiger partial charge on any atom is 0.157 e. The molecule has 2 aromatic heterocycles. The Labute approximate surface area is 147 Å². The summed E-state index contributed by atoms with van der Waals surface area (Å²) in [5.74, 6) is 0.961. The van der Waals surface area contributed by atoms with Gasteiger partial charge in [-0.2, -0.15) is 9.61 Å². The molecule has 6 nitrogen and oxygen atoms in total. The van der Waals surface area contributed by atoms with Crippen LogP contribution in [0.15, 0.2) is 42.5 Å².